The zero-order chi connectivity index (χ0) is 9.35. The predicted molar refractivity (Wildman–Crippen MR) is 49.7 cm³/mol. The molecular weight excluding hydrogens is 350 g/mol. The lowest BCUT2D eigenvalue weighted by molar-refractivity contribution is -0.139. The number of hydrogen-bond acceptors (Lipinski definition) is 1. The monoisotopic (exact) mass is 351 g/mol. The molecule has 0 bridgehead atoms. The molecular formula is C6H2BrF3IN. The highest BCUT2D eigenvalue weighted by Crippen LogP contribution is 2.36. The largest absolute Gasteiger partial charge is 0.420 e. The van der Waals surface area contributed by atoms with Gasteiger partial charge < -0.3 is 0 Å². The van der Waals surface area contributed by atoms with Crippen LogP contribution in [0.5, 0.6) is 0 Å². The number of rotatable bonds is 0. The maximum atomic E-state index is 12.2. The van der Waals surface area contributed by atoms with Gasteiger partial charge in [0.2, 0.25) is 0 Å². The lowest BCUT2D eigenvalue weighted by Crippen LogP contribution is -2.09. The molecule has 0 aliphatic rings. The Morgan fingerprint density at radius 1 is 1.42 bits per heavy atom. The van der Waals surface area contributed by atoms with Crippen LogP contribution in [-0.4, -0.2) is 4.98 Å². The lowest BCUT2D eigenvalue weighted by atomic mass is 10.3. The molecule has 1 nitrogen and oxygen atoms in total. The fourth-order valence-electron chi connectivity index (χ4n) is 0.667. The van der Waals surface area contributed by atoms with Crippen molar-refractivity contribution in [2.24, 2.45) is 0 Å². The molecule has 0 amide bonds. The molecule has 0 unspecified atom stereocenters. The molecule has 0 aliphatic heterocycles. The van der Waals surface area contributed by atoms with Gasteiger partial charge in [-0.1, -0.05) is 0 Å². The highest BCUT2D eigenvalue weighted by Gasteiger charge is 2.35. The molecule has 0 aliphatic carbocycles. The van der Waals surface area contributed by atoms with Gasteiger partial charge in [-0.25, -0.2) is 4.98 Å². The molecule has 1 aromatic rings. The number of hydrogen-bond donors (Lipinski definition) is 0. The predicted octanol–water partition coefficient (Wildman–Crippen LogP) is 3.47. The molecule has 0 saturated carbocycles. The third-order valence-electron chi connectivity index (χ3n) is 1.14. The molecule has 0 spiro atoms. The molecule has 0 N–H and O–H groups in total. The molecule has 0 aromatic carbocycles. The van der Waals surface area contributed by atoms with Gasteiger partial charge in [0.25, 0.3) is 0 Å². The summed E-state index contributed by atoms with van der Waals surface area (Å²) in [6.45, 7) is 0. The van der Waals surface area contributed by atoms with Gasteiger partial charge in [-0.05, 0) is 44.6 Å². The fraction of sp³-hybridized carbons (Fsp3) is 0.167. The first kappa shape index (κ1) is 10.2. The number of nitrogens with zero attached hydrogens (tertiary/aromatic N) is 1. The summed E-state index contributed by atoms with van der Waals surface area (Å²) >= 11 is 4.37. The van der Waals surface area contributed by atoms with Crippen molar-refractivity contribution in [3.8, 4) is 0 Å². The Hall–Kier alpha value is 0.150. The minimum atomic E-state index is -4.34. The SMILES string of the molecule is FC(F)(F)c1c(I)ccnc1Br. The second-order valence-corrected chi connectivity index (χ2v) is 3.87. The van der Waals surface area contributed by atoms with Gasteiger partial charge in [-0.15, -0.1) is 0 Å². The zero-order valence-corrected chi connectivity index (χ0v) is 9.24. The van der Waals surface area contributed by atoms with Crippen molar-refractivity contribution in [2.45, 2.75) is 6.18 Å². The van der Waals surface area contributed by atoms with Crippen LogP contribution in [-0.2, 0) is 6.18 Å². The molecule has 0 fully saturated rings. The van der Waals surface area contributed by atoms with E-state index in [0.717, 1.165) is 0 Å². The van der Waals surface area contributed by atoms with E-state index in [1.54, 1.807) is 22.6 Å². The van der Waals surface area contributed by atoms with Crippen molar-refractivity contribution in [3.63, 3.8) is 0 Å². The van der Waals surface area contributed by atoms with Crippen LogP contribution >= 0.6 is 38.5 Å². The van der Waals surface area contributed by atoms with Gasteiger partial charge in [0.1, 0.15) is 10.2 Å². The van der Waals surface area contributed by atoms with E-state index >= 15 is 0 Å². The van der Waals surface area contributed by atoms with Crippen molar-refractivity contribution in [1.29, 1.82) is 0 Å². The lowest BCUT2D eigenvalue weighted by Gasteiger charge is -2.09. The first-order valence-electron chi connectivity index (χ1n) is 2.80. The standard InChI is InChI=1S/C6H2BrF3IN/c7-5-4(6(8,9)10)3(11)1-2-12-5/h1-2H. The summed E-state index contributed by atoms with van der Waals surface area (Å²) < 4.78 is 36.7. The van der Waals surface area contributed by atoms with E-state index in [1.165, 1.54) is 12.3 Å². The van der Waals surface area contributed by atoms with Gasteiger partial charge in [-0.3, -0.25) is 0 Å². The van der Waals surface area contributed by atoms with Crippen LogP contribution in [0.25, 0.3) is 0 Å². The third kappa shape index (κ3) is 2.09. The highest BCUT2D eigenvalue weighted by molar-refractivity contribution is 14.1. The van der Waals surface area contributed by atoms with Crippen LogP contribution in [0.15, 0.2) is 16.9 Å². The summed E-state index contributed by atoms with van der Waals surface area (Å²) in [4.78, 5) is 3.50. The minimum absolute atomic E-state index is 0.141. The summed E-state index contributed by atoms with van der Waals surface area (Å²) in [6.07, 6.45) is -3.02. The maximum Gasteiger partial charge on any atom is 0.420 e. The van der Waals surface area contributed by atoms with E-state index < -0.39 is 11.7 Å². The molecule has 1 aromatic heterocycles. The molecule has 66 valence electrons. The number of pyridine rings is 1. The Bertz CT molecular complexity index is 279. The minimum Gasteiger partial charge on any atom is -0.249 e. The van der Waals surface area contributed by atoms with Gasteiger partial charge in [0, 0.05) is 9.77 Å². The Kier molecular flexibility index (Phi) is 2.97. The van der Waals surface area contributed by atoms with E-state index in [-0.39, 0.29) is 8.17 Å². The molecule has 0 radical (unpaired) electrons. The Morgan fingerprint density at radius 2 is 2.00 bits per heavy atom. The van der Waals surface area contributed by atoms with Crippen molar-refractivity contribution < 1.29 is 13.2 Å². The Balaban J connectivity index is 3.31. The Labute approximate surface area is 88.6 Å². The first-order valence-corrected chi connectivity index (χ1v) is 4.67. The van der Waals surface area contributed by atoms with Crippen LogP contribution in [0.4, 0.5) is 13.2 Å². The van der Waals surface area contributed by atoms with Gasteiger partial charge in [0.05, 0.1) is 0 Å². The molecule has 1 heterocycles. The number of halogens is 5. The number of aromatic nitrogens is 1. The summed E-state index contributed by atoms with van der Waals surface area (Å²) in [7, 11) is 0. The zero-order valence-electron chi connectivity index (χ0n) is 5.49. The van der Waals surface area contributed by atoms with Crippen molar-refractivity contribution >= 4 is 38.5 Å². The van der Waals surface area contributed by atoms with Crippen molar-refractivity contribution in [1.82, 2.24) is 4.98 Å². The van der Waals surface area contributed by atoms with Crippen molar-refractivity contribution in [3.05, 3.63) is 26.0 Å². The molecule has 6 heteroatoms. The van der Waals surface area contributed by atoms with Crippen LogP contribution in [0.1, 0.15) is 5.56 Å². The second kappa shape index (κ2) is 3.49. The molecule has 12 heavy (non-hydrogen) atoms. The summed E-state index contributed by atoms with van der Waals surface area (Å²) in [5.74, 6) is 0. The molecule has 0 atom stereocenters. The average molecular weight is 352 g/mol. The van der Waals surface area contributed by atoms with Gasteiger partial charge in [0.15, 0.2) is 0 Å². The van der Waals surface area contributed by atoms with Gasteiger partial charge >= 0.3 is 6.18 Å². The normalized spacial score (nSPS) is 11.8. The highest BCUT2D eigenvalue weighted by atomic mass is 127. The van der Waals surface area contributed by atoms with Crippen LogP contribution in [0.3, 0.4) is 0 Å². The third-order valence-corrected chi connectivity index (χ3v) is 2.64. The Morgan fingerprint density at radius 3 is 2.33 bits per heavy atom. The second-order valence-electron chi connectivity index (χ2n) is 1.96. The quantitative estimate of drug-likeness (QED) is 0.515. The van der Waals surface area contributed by atoms with E-state index in [0.29, 0.717) is 0 Å². The summed E-state index contributed by atoms with van der Waals surface area (Å²) in [6, 6.07) is 1.31. The average Bonchev–Trinajstić information content (AvgIpc) is 1.82. The molecule has 1 rings (SSSR count). The fourth-order valence-corrected chi connectivity index (χ4v) is 2.32. The van der Waals surface area contributed by atoms with E-state index in [4.69, 9.17) is 0 Å². The topological polar surface area (TPSA) is 12.9 Å². The van der Waals surface area contributed by atoms with E-state index in [9.17, 15) is 13.2 Å². The van der Waals surface area contributed by atoms with Crippen LogP contribution in [0.2, 0.25) is 0 Å². The van der Waals surface area contributed by atoms with E-state index in [2.05, 4.69) is 20.9 Å². The van der Waals surface area contributed by atoms with Crippen molar-refractivity contribution in [2.75, 3.05) is 0 Å². The summed E-state index contributed by atoms with van der Waals surface area (Å²) in [5.41, 5.74) is -0.717. The maximum absolute atomic E-state index is 12.2. The number of alkyl halides is 3. The van der Waals surface area contributed by atoms with Crippen LogP contribution in [0, 0.1) is 3.57 Å². The molecule has 0 saturated heterocycles. The summed E-state index contributed by atoms with van der Waals surface area (Å²) in [5, 5.41) is 0. The smallest absolute Gasteiger partial charge is 0.249 e. The first-order chi connectivity index (χ1) is 5.43. The van der Waals surface area contributed by atoms with E-state index in [1.807, 2.05) is 0 Å². The van der Waals surface area contributed by atoms with Gasteiger partial charge in [-0.2, -0.15) is 13.2 Å². The van der Waals surface area contributed by atoms with Crippen LogP contribution < -0.4 is 0 Å².